The summed E-state index contributed by atoms with van der Waals surface area (Å²) in [6, 6.07) is 17.0. The number of fused-ring (bicyclic) bond motifs is 5. The molecule has 3 aromatic rings. The number of Topliss-reactive ketones (excluding diaryl/α,β-unsaturated/α-hetero) is 3. The first kappa shape index (κ1) is 26.1. The van der Waals surface area contributed by atoms with Crippen molar-refractivity contribution in [1.29, 1.82) is 0 Å². The lowest BCUT2D eigenvalue weighted by Gasteiger charge is -2.38. The van der Waals surface area contributed by atoms with Gasteiger partial charge < -0.3 is 14.4 Å². The Kier molecular flexibility index (Phi) is 5.81. The third kappa shape index (κ3) is 3.38. The number of ether oxygens (including phenoxy) is 2. The third-order valence-electron chi connectivity index (χ3n) is 8.74. The second-order valence-corrected chi connectivity index (χ2v) is 12.0. The Bertz CT molecular complexity index is 1580. The van der Waals surface area contributed by atoms with Crippen molar-refractivity contribution in [2.24, 2.45) is 10.8 Å². The van der Waals surface area contributed by atoms with Crippen LogP contribution in [0.2, 0.25) is 0 Å². The average Bonchev–Trinajstić information content (AvgIpc) is 3.37. The highest BCUT2D eigenvalue weighted by Crippen LogP contribution is 2.62. The van der Waals surface area contributed by atoms with Crippen molar-refractivity contribution >= 4 is 29.1 Å². The van der Waals surface area contributed by atoms with Gasteiger partial charge in [-0.05, 0) is 42.8 Å². The molecular formula is C34H33NO5. The summed E-state index contributed by atoms with van der Waals surface area (Å²) < 4.78 is 11.4. The number of carbonyl (C=O) groups is 3. The first-order chi connectivity index (χ1) is 19.0. The molecule has 40 heavy (non-hydrogen) atoms. The molecule has 3 aromatic carbocycles. The number of aryl methyl sites for hydroxylation is 1. The summed E-state index contributed by atoms with van der Waals surface area (Å²) in [5.41, 5.74) is 1.93. The molecule has 1 saturated heterocycles. The van der Waals surface area contributed by atoms with Gasteiger partial charge in [0.2, 0.25) is 0 Å². The van der Waals surface area contributed by atoms with Crippen molar-refractivity contribution in [3.05, 3.63) is 94.6 Å². The molecular weight excluding hydrogens is 502 g/mol. The van der Waals surface area contributed by atoms with Crippen LogP contribution in [0.4, 0.5) is 5.69 Å². The van der Waals surface area contributed by atoms with Crippen LogP contribution in [0.5, 0.6) is 11.5 Å². The van der Waals surface area contributed by atoms with E-state index in [1.807, 2.05) is 62.9 Å². The molecule has 0 saturated carbocycles. The highest BCUT2D eigenvalue weighted by atomic mass is 16.5. The number of nitrogens with zero attached hydrogens (tertiary/aromatic N) is 1. The number of hydrogen-bond acceptors (Lipinski definition) is 6. The van der Waals surface area contributed by atoms with Gasteiger partial charge in [-0.3, -0.25) is 14.4 Å². The lowest BCUT2D eigenvalue weighted by atomic mass is 9.63. The van der Waals surface area contributed by atoms with E-state index in [0.717, 1.165) is 16.8 Å². The molecule has 1 spiro atoms. The third-order valence-corrected chi connectivity index (χ3v) is 8.74. The summed E-state index contributed by atoms with van der Waals surface area (Å²) in [7, 11) is 3.13. The fraction of sp³-hybridized carbons (Fsp3) is 0.324. The monoisotopic (exact) mass is 535 g/mol. The molecule has 1 aliphatic carbocycles. The molecule has 6 heteroatoms. The summed E-state index contributed by atoms with van der Waals surface area (Å²) in [4.78, 5) is 46.1. The first-order valence-electron chi connectivity index (χ1n) is 13.6. The van der Waals surface area contributed by atoms with E-state index in [2.05, 4.69) is 6.07 Å². The van der Waals surface area contributed by atoms with Crippen LogP contribution in [0.3, 0.4) is 0 Å². The minimum atomic E-state index is -1.58. The van der Waals surface area contributed by atoms with Crippen molar-refractivity contribution in [2.75, 3.05) is 19.1 Å². The fourth-order valence-corrected chi connectivity index (χ4v) is 6.97. The van der Waals surface area contributed by atoms with Gasteiger partial charge in [0.05, 0.1) is 26.3 Å². The summed E-state index contributed by atoms with van der Waals surface area (Å²) in [5.74, 6) is -0.354. The van der Waals surface area contributed by atoms with Crippen LogP contribution in [-0.4, -0.2) is 43.7 Å². The quantitative estimate of drug-likeness (QED) is 0.378. The van der Waals surface area contributed by atoms with E-state index in [-0.39, 0.29) is 17.3 Å². The second-order valence-electron chi connectivity index (χ2n) is 12.0. The largest absolute Gasteiger partial charge is 0.497 e. The Morgan fingerprint density at radius 1 is 0.900 bits per heavy atom. The molecule has 0 N–H and O–H groups in total. The zero-order chi connectivity index (χ0) is 28.6. The van der Waals surface area contributed by atoms with Crippen molar-refractivity contribution in [1.82, 2.24) is 0 Å². The zero-order valence-corrected chi connectivity index (χ0v) is 23.6. The minimum Gasteiger partial charge on any atom is -0.497 e. The number of methoxy groups -OCH3 is 2. The van der Waals surface area contributed by atoms with E-state index in [4.69, 9.17) is 9.47 Å². The average molecular weight is 536 g/mol. The number of hydrogen-bond donors (Lipinski definition) is 0. The van der Waals surface area contributed by atoms with E-state index in [1.54, 1.807) is 50.6 Å². The standard InChI is InChI=1S/C34H33NO5/c1-19-11-14-25-20(17-19)12-16-27-34(30(36)22-9-7-8-10-23(22)31(34)37)28(29(35(25)27)32(38)33(2,3)4)24-18-21(39-5)13-15-26(24)40-6/h7-18,27-29H,1-6H3. The molecule has 3 unspecified atom stereocenters. The topological polar surface area (TPSA) is 72.9 Å². The maximum absolute atomic E-state index is 14.7. The number of rotatable bonds is 4. The lowest BCUT2D eigenvalue weighted by molar-refractivity contribution is -0.127. The van der Waals surface area contributed by atoms with Gasteiger partial charge in [-0.1, -0.05) is 68.8 Å². The Balaban J connectivity index is 1.74. The Hall–Kier alpha value is -4.19. The van der Waals surface area contributed by atoms with Crippen LogP contribution in [0.15, 0.2) is 66.7 Å². The molecule has 3 aliphatic rings. The molecule has 6 nitrogen and oxygen atoms in total. The predicted molar refractivity (Wildman–Crippen MR) is 155 cm³/mol. The van der Waals surface area contributed by atoms with Crippen molar-refractivity contribution in [3.63, 3.8) is 0 Å². The Morgan fingerprint density at radius 3 is 2.17 bits per heavy atom. The van der Waals surface area contributed by atoms with Crippen LogP contribution in [0.1, 0.15) is 64.1 Å². The molecule has 0 amide bonds. The molecule has 2 aliphatic heterocycles. The number of carbonyl (C=O) groups excluding carboxylic acids is 3. The van der Waals surface area contributed by atoms with E-state index in [0.29, 0.717) is 28.2 Å². The van der Waals surface area contributed by atoms with Crippen LogP contribution >= 0.6 is 0 Å². The van der Waals surface area contributed by atoms with Gasteiger partial charge in [-0.15, -0.1) is 0 Å². The van der Waals surface area contributed by atoms with Crippen LogP contribution in [0, 0.1) is 17.8 Å². The normalized spacial score (nSPS) is 22.2. The van der Waals surface area contributed by atoms with Gasteiger partial charge in [0.1, 0.15) is 16.9 Å². The molecule has 3 atom stereocenters. The second kappa shape index (κ2) is 8.91. The Morgan fingerprint density at radius 2 is 1.57 bits per heavy atom. The van der Waals surface area contributed by atoms with Crippen molar-refractivity contribution < 1.29 is 23.9 Å². The van der Waals surface area contributed by atoms with Gasteiger partial charge >= 0.3 is 0 Å². The molecule has 204 valence electrons. The van der Waals surface area contributed by atoms with Crippen molar-refractivity contribution in [3.8, 4) is 11.5 Å². The summed E-state index contributed by atoms with van der Waals surface area (Å²) >= 11 is 0. The minimum absolute atomic E-state index is 0.0531. The van der Waals surface area contributed by atoms with Crippen LogP contribution in [0.25, 0.3) is 6.08 Å². The molecule has 1 fully saturated rings. The molecule has 6 rings (SSSR count). The lowest BCUT2D eigenvalue weighted by Crippen LogP contribution is -2.49. The number of anilines is 1. The zero-order valence-electron chi connectivity index (χ0n) is 23.6. The fourth-order valence-electron chi connectivity index (χ4n) is 6.97. The SMILES string of the molecule is COc1ccc(OC)c(C2C(C(=O)C(C)(C)C)N3c4ccc(C)cc4C=CC3C23C(=O)c2ccccc2C3=O)c1. The highest BCUT2D eigenvalue weighted by Gasteiger charge is 2.72. The van der Waals surface area contributed by atoms with Crippen LogP contribution in [-0.2, 0) is 4.79 Å². The molecule has 0 bridgehead atoms. The number of ketones is 3. The summed E-state index contributed by atoms with van der Waals surface area (Å²) in [6.07, 6.45) is 3.93. The van der Waals surface area contributed by atoms with Gasteiger partial charge in [0, 0.05) is 33.7 Å². The predicted octanol–water partition coefficient (Wildman–Crippen LogP) is 6.06. The highest BCUT2D eigenvalue weighted by molar-refractivity contribution is 6.32. The Labute approximate surface area is 234 Å². The molecule has 0 aromatic heterocycles. The maximum atomic E-state index is 14.7. The van der Waals surface area contributed by atoms with E-state index in [1.165, 1.54) is 0 Å². The van der Waals surface area contributed by atoms with Crippen LogP contribution < -0.4 is 14.4 Å². The molecule has 0 radical (unpaired) electrons. The van der Waals surface area contributed by atoms with Gasteiger partial charge in [0.15, 0.2) is 17.3 Å². The first-order valence-corrected chi connectivity index (χ1v) is 13.6. The van der Waals surface area contributed by atoms with E-state index >= 15 is 0 Å². The van der Waals surface area contributed by atoms with Gasteiger partial charge in [-0.2, -0.15) is 0 Å². The van der Waals surface area contributed by atoms with Gasteiger partial charge in [-0.25, -0.2) is 0 Å². The van der Waals surface area contributed by atoms with Crippen molar-refractivity contribution in [2.45, 2.75) is 45.7 Å². The smallest absolute Gasteiger partial charge is 0.180 e. The number of benzene rings is 3. The summed E-state index contributed by atoms with van der Waals surface area (Å²) in [6.45, 7) is 7.68. The van der Waals surface area contributed by atoms with Gasteiger partial charge in [0.25, 0.3) is 0 Å². The van der Waals surface area contributed by atoms with E-state index in [9.17, 15) is 14.4 Å². The van der Waals surface area contributed by atoms with E-state index < -0.39 is 28.8 Å². The molecule has 2 heterocycles. The maximum Gasteiger partial charge on any atom is 0.180 e. The summed E-state index contributed by atoms with van der Waals surface area (Å²) in [5, 5.41) is 0.